The molecule has 2 saturated heterocycles. The molecule has 1 aromatic carbocycles. The van der Waals surface area contributed by atoms with E-state index in [-0.39, 0.29) is 0 Å². The van der Waals surface area contributed by atoms with Gasteiger partial charge in [0.25, 0.3) is 0 Å². The zero-order chi connectivity index (χ0) is 10.8. The summed E-state index contributed by atoms with van der Waals surface area (Å²) in [6.45, 7) is 4.83. The van der Waals surface area contributed by atoms with Crippen molar-refractivity contribution in [2.45, 2.75) is 31.3 Å². The maximum atomic E-state index is 3.71. The molecule has 2 fully saturated rings. The molecule has 0 amide bonds. The van der Waals surface area contributed by atoms with Crippen molar-refractivity contribution in [3.05, 3.63) is 35.9 Å². The molecule has 2 heterocycles. The fraction of sp³-hybridized carbons (Fsp3) is 0.571. The summed E-state index contributed by atoms with van der Waals surface area (Å²) < 4.78 is 0. The van der Waals surface area contributed by atoms with Crippen LogP contribution >= 0.6 is 0 Å². The van der Waals surface area contributed by atoms with Crippen molar-refractivity contribution < 1.29 is 0 Å². The first-order valence-electron chi connectivity index (χ1n) is 6.38. The minimum absolute atomic E-state index is 0.467. The average Bonchev–Trinajstić information content (AvgIpc) is 2.92. The van der Waals surface area contributed by atoms with Crippen molar-refractivity contribution in [2.24, 2.45) is 0 Å². The molecule has 0 saturated carbocycles. The zero-order valence-electron chi connectivity index (χ0n) is 9.78. The van der Waals surface area contributed by atoms with E-state index in [9.17, 15) is 0 Å². The number of rotatable bonds is 2. The lowest BCUT2D eigenvalue weighted by molar-refractivity contribution is 0.291. The highest BCUT2D eigenvalue weighted by atomic mass is 15.2. The molecule has 0 aromatic heterocycles. The summed E-state index contributed by atoms with van der Waals surface area (Å²) in [4.78, 5) is 2.59. The quantitative estimate of drug-likeness (QED) is 0.813. The first kappa shape index (κ1) is 10.3. The molecule has 0 aliphatic carbocycles. The van der Waals surface area contributed by atoms with Crippen LogP contribution in [0, 0.1) is 0 Å². The van der Waals surface area contributed by atoms with E-state index in [1.165, 1.54) is 44.5 Å². The van der Waals surface area contributed by atoms with Crippen LogP contribution in [-0.2, 0) is 6.54 Å². The highest BCUT2D eigenvalue weighted by Gasteiger charge is 2.39. The predicted octanol–water partition coefficient (Wildman–Crippen LogP) is 2.01. The van der Waals surface area contributed by atoms with Gasteiger partial charge in [-0.15, -0.1) is 0 Å². The summed E-state index contributed by atoms with van der Waals surface area (Å²) in [6.07, 6.45) is 4.07. The SMILES string of the molecule is c1ccc(CN2CCC3(CCCN3)C2)cc1. The van der Waals surface area contributed by atoms with Crippen LogP contribution in [0.25, 0.3) is 0 Å². The van der Waals surface area contributed by atoms with Gasteiger partial charge in [-0.3, -0.25) is 4.90 Å². The molecule has 1 spiro atoms. The van der Waals surface area contributed by atoms with Crippen LogP contribution in [-0.4, -0.2) is 30.1 Å². The molecule has 1 N–H and O–H groups in total. The monoisotopic (exact) mass is 216 g/mol. The van der Waals surface area contributed by atoms with Crippen molar-refractivity contribution in [3.8, 4) is 0 Å². The van der Waals surface area contributed by atoms with E-state index in [1.54, 1.807) is 0 Å². The highest BCUT2D eigenvalue weighted by molar-refractivity contribution is 5.15. The van der Waals surface area contributed by atoms with Crippen LogP contribution in [0.4, 0.5) is 0 Å². The number of hydrogen-bond acceptors (Lipinski definition) is 2. The molecular formula is C14H20N2. The van der Waals surface area contributed by atoms with Crippen molar-refractivity contribution in [2.75, 3.05) is 19.6 Å². The molecule has 3 rings (SSSR count). The van der Waals surface area contributed by atoms with Gasteiger partial charge in [0, 0.05) is 25.2 Å². The van der Waals surface area contributed by atoms with Crippen LogP contribution in [0.2, 0.25) is 0 Å². The van der Waals surface area contributed by atoms with E-state index in [2.05, 4.69) is 40.5 Å². The second kappa shape index (κ2) is 4.19. The van der Waals surface area contributed by atoms with Crippen LogP contribution in [0.5, 0.6) is 0 Å². The van der Waals surface area contributed by atoms with Crippen LogP contribution in [0.15, 0.2) is 30.3 Å². The lowest BCUT2D eigenvalue weighted by atomic mass is 9.97. The molecule has 2 aliphatic heterocycles. The summed E-state index contributed by atoms with van der Waals surface area (Å²) >= 11 is 0. The maximum Gasteiger partial charge on any atom is 0.0321 e. The fourth-order valence-corrected chi connectivity index (χ4v) is 3.15. The molecule has 1 aromatic rings. The first-order valence-corrected chi connectivity index (χ1v) is 6.38. The van der Waals surface area contributed by atoms with Gasteiger partial charge in [0.05, 0.1) is 0 Å². The molecule has 0 bridgehead atoms. The average molecular weight is 216 g/mol. The fourth-order valence-electron chi connectivity index (χ4n) is 3.15. The lowest BCUT2D eigenvalue weighted by Gasteiger charge is -2.24. The number of likely N-dealkylation sites (tertiary alicyclic amines) is 1. The van der Waals surface area contributed by atoms with Gasteiger partial charge < -0.3 is 5.32 Å². The van der Waals surface area contributed by atoms with Crippen molar-refractivity contribution in [3.63, 3.8) is 0 Å². The molecule has 16 heavy (non-hydrogen) atoms. The Morgan fingerprint density at radius 2 is 2.06 bits per heavy atom. The number of nitrogens with one attached hydrogen (secondary N) is 1. The standard InChI is InChI=1S/C14H20N2/c1-2-5-13(6-3-1)11-16-10-8-14(12-16)7-4-9-15-14/h1-3,5-6,15H,4,7-12H2. The largest absolute Gasteiger partial charge is 0.310 e. The van der Waals surface area contributed by atoms with E-state index < -0.39 is 0 Å². The predicted molar refractivity (Wildman–Crippen MR) is 66.3 cm³/mol. The van der Waals surface area contributed by atoms with Crippen molar-refractivity contribution in [1.29, 1.82) is 0 Å². The zero-order valence-corrected chi connectivity index (χ0v) is 9.78. The van der Waals surface area contributed by atoms with E-state index in [0.29, 0.717) is 5.54 Å². The van der Waals surface area contributed by atoms with E-state index in [4.69, 9.17) is 0 Å². The van der Waals surface area contributed by atoms with E-state index in [1.807, 2.05) is 0 Å². The van der Waals surface area contributed by atoms with E-state index in [0.717, 1.165) is 6.54 Å². The van der Waals surface area contributed by atoms with Gasteiger partial charge in [-0.25, -0.2) is 0 Å². The number of nitrogens with zero attached hydrogens (tertiary/aromatic N) is 1. The molecule has 2 aliphatic rings. The van der Waals surface area contributed by atoms with Crippen LogP contribution < -0.4 is 5.32 Å². The van der Waals surface area contributed by atoms with Gasteiger partial charge in [-0.2, -0.15) is 0 Å². The van der Waals surface area contributed by atoms with Gasteiger partial charge in [0.15, 0.2) is 0 Å². The molecular weight excluding hydrogens is 196 g/mol. The third-order valence-electron chi connectivity index (χ3n) is 4.01. The third-order valence-corrected chi connectivity index (χ3v) is 4.01. The second-order valence-electron chi connectivity index (χ2n) is 5.26. The van der Waals surface area contributed by atoms with Gasteiger partial charge >= 0.3 is 0 Å². The molecule has 2 heteroatoms. The Labute approximate surface area is 97.6 Å². The molecule has 1 atom stereocenters. The van der Waals surface area contributed by atoms with Crippen LogP contribution in [0.1, 0.15) is 24.8 Å². The Kier molecular flexibility index (Phi) is 2.70. The molecule has 2 nitrogen and oxygen atoms in total. The Morgan fingerprint density at radius 1 is 1.19 bits per heavy atom. The smallest absolute Gasteiger partial charge is 0.0321 e. The Bertz CT molecular complexity index is 341. The Hall–Kier alpha value is -0.860. The van der Waals surface area contributed by atoms with Gasteiger partial charge in [0.2, 0.25) is 0 Å². The number of hydrogen-bond donors (Lipinski definition) is 1. The second-order valence-corrected chi connectivity index (χ2v) is 5.26. The minimum Gasteiger partial charge on any atom is -0.310 e. The van der Waals surface area contributed by atoms with Gasteiger partial charge in [-0.05, 0) is 31.4 Å². The van der Waals surface area contributed by atoms with Gasteiger partial charge in [0.1, 0.15) is 0 Å². The van der Waals surface area contributed by atoms with E-state index >= 15 is 0 Å². The summed E-state index contributed by atoms with van der Waals surface area (Å²) in [7, 11) is 0. The Morgan fingerprint density at radius 3 is 2.81 bits per heavy atom. The summed E-state index contributed by atoms with van der Waals surface area (Å²) in [5.41, 5.74) is 1.91. The maximum absolute atomic E-state index is 3.71. The lowest BCUT2D eigenvalue weighted by Crippen LogP contribution is -2.42. The van der Waals surface area contributed by atoms with Gasteiger partial charge in [-0.1, -0.05) is 30.3 Å². The summed E-state index contributed by atoms with van der Waals surface area (Å²) in [5, 5.41) is 3.71. The third kappa shape index (κ3) is 2.00. The molecule has 86 valence electrons. The summed E-state index contributed by atoms with van der Waals surface area (Å²) in [6, 6.07) is 10.8. The molecule has 0 radical (unpaired) electrons. The number of benzene rings is 1. The Balaban J connectivity index is 1.62. The minimum atomic E-state index is 0.467. The van der Waals surface area contributed by atoms with Crippen LogP contribution in [0.3, 0.4) is 0 Å². The first-order chi connectivity index (χ1) is 7.86. The molecule has 1 unspecified atom stereocenters. The van der Waals surface area contributed by atoms with Crippen molar-refractivity contribution in [1.82, 2.24) is 10.2 Å². The normalized spacial score (nSPS) is 30.2. The topological polar surface area (TPSA) is 15.3 Å². The van der Waals surface area contributed by atoms with Crippen molar-refractivity contribution >= 4 is 0 Å². The highest BCUT2D eigenvalue weighted by Crippen LogP contribution is 2.30. The summed E-state index contributed by atoms with van der Waals surface area (Å²) in [5.74, 6) is 0.